The van der Waals surface area contributed by atoms with E-state index in [1.54, 1.807) is 24.3 Å². The standard InChI is InChI=1S/C17H13NO7P2S/c19-26(20)12-8-7-11(16(9-12)27(21)22)10-18-15-5-1-4-14-13(15)3-2-6-17(14)28(23,24)25/h1-9,18H,10H2,(H,23,24,25). The minimum Gasteiger partial charge on any atom is -0.380 e. The Balaban J connectivity index is 2.01. The predicted molar refractivity (Wildman–Crippen MR) is 103 cm³/mol. The average molecular weight is 437 g/mol. The van der Waals surface area contributed by atoms with Crippen molar-refractivity contribution < 1.29 is 31.2 Å². The first-order chi connectivity index (χ1) is 13.2. The highest BCUT2D eigenvalue weighted by Crippen LogP contribution is 2.29. The van der Waals surface area contributed by atoms with Crippen LogP contribution in [0.3, 0.4) is 0 Å². The second kappa shape index (κ2) is 7.81. The van der Waals surface area contributed by atoms with Crippen LogP contribution in [0.15, 0.2) is 59.5 Å². The number of hydrogen-bond donors (Lipinski definition) is 2. The van der Waals surface area contributed by atoms with Crippen molar-refractivity contribution in [2.75, 3.05) is 5.32 Å². The van der Waals surface area contributed by atoms with Crippen molar-refractivity contribution in [2.24, 2.45) is 0 Å². The Morgan fingerprint density at radius 3 is 2.18 bits per heavy atom. The molecule has 3 aromatic carbocycles. The zero-order chi connectivity index (χ0) is 20.5. The number of fused-ring (bicyclic) bond motifs is 1. The molecular weight excluding hydrogens is 424 g/mol. The van der Waals surface area contributed by atoms with Gasteiger partial charge in [0, 0.05) is 23.0 Å². The second-order valence-electron chi connectivity index (χ2n) is 5.81. The Labute approximate surface area is 161 Å². The minimum atomic E-state index is -4.41. The lowest BCUT2D eigenvalue weighted by Gasteiger charge is -2.12. The van der Waals surface area contributed by atoms with Gasteiger partial charge in [-0.05, 0) is 29.8 Å². The average Bonchev–Trinajstić information content (AvgIpc) is 2.64. The molecule has 3 aromatic rings. The van der Waals surface area contributed by atoms with Crippen LogP contribution in [-0.4, -0.2) is 13.0 Å². The molecular formula is C17H13NO7P2S. The molecule has 8 nitrogen and oxygen atoms in total. The van der Waals surface area contributed by atoms with Crippen LogP contribution in [0.4, 0.5) is 5.69 Å². The Bertz CT molecular complexity index is 1310. The summed E-state index contributed by atoms with van der Waals surface area (Å²) in [6, 6.07) is 13.0. The van der Waals surface area contributed by atoms with Crippen LogP contribution in [0.1, 0.15) is 5.56 Å². The zero-order valence-electron chi connectivity index (χ0n) is 14.1. The first kappa shape index (κ1) is 20.2. The quantitative estimate of drug-likeness (QED) is 0.443. The molecule has 0 heterocycles. The molecule has 0 aliphatic rings. The normalized spacial score (nSPS) is 11.3. The number of rotatable bonds is 6. The van der Waals surface area contributed by atoms with Crippen LogP contribution in [0.5, 0.6) is 0 Å². The van der Waals surface area contributed by atoms with E-state index in [0.29, 0.717) is 22.0 Å². The maximum Gasteiger partial charge on any atom is 0.349 e. The summed E-state index contributed by atoms with van der Waals surface area (Å²) in [4.78, 5) is -0.236. The fraction of sp³-hybridized carbons (Fsp3) is 0.0588. The summed E-state index contributed by atoms with van der Waals surface area (Å²) in [6.07, 6.45) is 0. The first-order valence-corrected chi connectivity index (χ1v) is 11.6. The van der Waals surface area contributed by atoms with Crippen LogP contribution in [0.2, 0.25) is 0 Å². The number of nitrogens with one attached hydrogen (secondary N) is 1. The summed E-state index contributed by atoms with van der Waals surface area (Å²) in [6.45, 7) is 0.0593. The van der Waals surface area contributed by atoms with Gasteiger partial charge in [0.25, 0.3) is 10.1 Å². The third-order valence-corrected chi connectivity index (χ3v) is 6.53. The zero-order valence-corrected chi connectivity index (χ0v) is 16.7. The first-order valence-electron chi connectivity index (χ1n) is 7.83. The third-order valence-electron chi connectivity index (χ3n) is 4.11. The highest BCUT2D eigenvalue weighted by molar-refractivity contribution is 7.86. The fourth-order valence-electron chi connectivity index (χ4n) is 2.84. The summed E-state index contributed by atoms with van der Waals surface area (Å²) >= 11 is 0. The molecule has 2 N–H and O–H groups in total. The highest BCUT2D eigenvalue weighted by Gasteiger charge is 2.15. The van der Waals surface area contributed by atoms with Gasteiger partial charge in [-0.2, -0.15) is 8.42 Å². The fourth-order valence-corrected chi connectivity index (χ4v) is 4.71. The van der Waals surface area contributed by atoms with Gasteiger partial charge in [-0.15, -0.1) is 0 Å². The van der Waals surface area contributed by atoms with E-state index in [4.69, 9.17) is 0 Å². The largest absolute Gasteiger partial charge is 0.380 e. The number of anilines is 1. The summed E-state index contributed by atoms with van der Waals surface area (Å²) in [5, 5.41) is 3.65. The van der Waals surface area contributed by atoms with E-state index < -0.39 is 25.5 Å². The van der Waals surface area contributed by atoms with E-state index in [2.05, 4.69) is 5.32 Å². The lowest BCUT2D eigenvalue weighted by Crippen LogP contribution is -2.13. The molecule has 0 aliphatic heterocycles. The van der Waals surface area contributed by atoms with Gasteiger partial charge < -0.3 is 5.32 Å². The SMILES string of the molecule is O=P(=O)c1ccc(CNc2cccc3c(S(=O)(=O)O)cccc23)c(P(=O)=O)c1. The molecule has 11 heteroatoms. The van der Waals surface area contributed by atoms with Crippen molar-refractivity contribution >= 4 is 52.5 Å². The lowest BCUT2D eigenvalue weighted by molar-refractivity contribution is 0.484. The van der Waals surface area contributed by atoms with E-state index >= 15 is 0 Å². The molecule has 0 radical (unpaired) electrons. The molecule has 0 fully saturated rings. The van der Waals surface area contributed by atoms with Crippen molar-refractivity contribution in [3.8, 4) is 0 Å². The maximum absolute atomic E-state index is 11.6. The lowest BCUT2D eigenvalue weighted by atomic mass is 10.1. The molecule has 0 unspecified atom stereocenters. The van der Waals surface area contributed by atoms with Gasteiger partial charge in [-0.1, -0.05) is 30.3 Å². The van der Waals surface area contributed by atoms with Gasteiger partial charge in [-0.3, -0.25) is 4.55 Å². The maximum atomic E-state index is 11.6. The van der Waals surface area contributed by atoms with Crippen molar-refractivity contribution in [3.63, 3.8) is 0 Å². The van der Waals surface area contributed by atoms with Crippen LogP contribution in [0, 0.1) is 0 Å². The molecule has 0 saturated heterocycles. The van der Waals surface area contributed by atoms with E-state index in [1.807, 2.05) is 0 Å². The molecule has 28 heavy (non-hydrogen) atoms. The molecule has 0 bridgehead atoms. The van der Waals surface area contributed by atoms with E-state index in [1.165, 1.54) is 24.3 Å². The van der Waals surface area contributed by atoms with E-state index in [-0.39, 0.29) is 22.0 Å². The second-order valence-corrected chi connectivity index (χ2v) is 9.23. The van der Waals surface area contributed by atoms with Crippen LogP contribution < -0.4 is 15.9 Å². The predicted octanol–water partition coefficient (Wildman–Crippen LogP) is 3.30. The molecule has 3 rings (SSSR count). The smallest absolute Gasteiger partial charge is 0.349 e. The molecule has 0 aromatic heterocycles. The number of benzene rings is 3. The minimum absolute atomic E-state index is 0.0593. The van der Waals surface area contributed by atoms with E-state index in [0.717, 1.165) is 6.07 Å². The Morgan fingerprint density at radius 1 is 0.857 bits per heavy atom. The monoisotopic (exact) mass is 437 g/mol. The van der Waals surface area contributed by atoms with Gasteiger partial charge in [-0.25, -0.2) is 18.3 Å². The van der Waals surface area contributed by atoms with Crippen molar-refractivity contribution in [1.82, 2.24) is 0 Å². The molecule has 0 spiro atoms. The van der Waals surface area contributed by atoms with Crippen LogP contribution >= 0.6 is 15.4 Å². The van der Waals surface area contributed by atoms with Gasteiger partial charge in [0.05, 0.1) is 10.6 Å². The molecule has 0 amide bonds. The van der Waals surface area contributed by atoms with Crippen molar-refractivity contribution in [3.05, 3.63) is 60.2 Å². The molecule has 0 saturated carbocycles. The number of hydrogen-bond acceptors (Lipinski definition) is 7. The topological polar surface area (TPSA) is 135 Å². The van der Waals surface area contributed by atoms with Crippen LogP contribution in [0.25, 0.3) is 10.8 Å². The Morgan fingerprint density at radius 2 is 1.54 bits per heavy atom. The summed E-state index contributed by atoms with van der Waals surface area (Å²) in [5.74, 6) is 0. The Hall–Kier alpha value is -2.57. The summed E-state index contributed by atoms with van der Waals surface area (Å²) in [7, 11) is -10.3. The Kier molecular flexibility index (Phi) is 5.63. The molecule has 144 valence electrons. The summed E-state index contributed by atoms with van der Waals surface area (Å²) < 4.78 is 77.7. The highest BCUT2D eigenvalue weighted by atomic mass is 32.2. The van der Waals surface area contributed by atoms with Gasteiger partial charge in [0.1, 0.15) is 4.90 Å². The van der Waals surface area contributed by atoms with Gasteiger partial charge in [0.15, 0.2) is 0 Å². The summed E-state index contributed by atoms with van der Waals surface area (Å²) in [5.41, 5.74) is 0.883. The molecule has 0 atom stereocenters. The van der Waals surface area contributed by atoms with E-state index in [9.17, 15) is 31.2 Å². The van der Waals surface area contributed by atoms with Gasteiger partial charge in [0.2, 0.25) is 0 Å². The van der Waals surface area contributed by atoms with Gasteiger partial charge >= 0.3 is 15.4 Å². The van der Waals surface area contributed by atoms with Crippen LogP contribution in [-0.2, 0) is 34.9 Å². The molecule has 0 aliphatic carbocycles. The third kappa shape index (κ3) is 4.13. The van der Waals surface area contributed by atoms with Crippen molar-refractivity contribution in [1.29, 1.82) is 0 Å². The van der Waals surface area contributed by atoms with Crippen molar-refractivity contribution in [2.45, 2.75) is 11.4 Å².